The number of aromatic nitrogens is 5. The molecule has 0 aromatic carbocycles. The summed E-state index contributed by atoms with van der Waals surface area (Å²) in [6.45, 7) is 5.20. The summed E-state index contributed by atoms with van der Waals surface area (Å²) in [7, 11) is 0. The highest BCUT2D eigenvalue weighted by atomic mass is 32.1. The van der Waals surface area contributed by atoms with E-state index in [-0.39, 0.29) is 0 Å². The Morgan fingerprint density at radius 1 is 1.16 bits per heavy atom. The third kappa shape index (κ3) is 2.85. The van der Waals surface area contributed by atoms with Crippen LogP contribution in [-0.2, 0) is 19.4 Å². The smallest absolute Gasteiger partial charge is 0.177 e. The average Bonchev–Trinajstić information content (AvgIpc) is 3.30. The van der Waals surface area contributed by atoms with Gasteiger partial charge in [0.1, 0.15) is 5.01 Å². The zero-order valence-electron chi connectivity index (χ0n) is 14.5. The molecule has 2 aliphatic rings. The van der Waals surface area contributed by atoms with Crippen molar-refractivity contribution in [1.82, 2.24) is 29.7 Å². The molecule has 0 amide bonds. The first-order valence-electron chi connectivity index (χ1n) is 9.15. The molecule has 6 nitrogen and oxygen atoms in total. The fourth-order valence-electron chi connectivity index (χ4n) is 4.00. The van der Waals surface area contributed by atoms with Crippen LogP contribution in [0.3, 0.4) is 0 Å². The van der Waals surface area contributed by atoms with E-state index in [0.29, 0.717) is 5.92 Å². The standard InChI is InChI=1S/C18H22N6S/c1-12-5-6-16-20-21-18(24(16)22-12)13-7-9-23(10-8-13)11-17-19-14-3-2-4-15(14)25-17/h5-6,13H,2-4,7-11H2,1H3. The summed E-state index contributed by atoms with van der Waals surface area (Å²) >= 11 is 1.93. The lowest BCUT2D eigenvalue weighted by Gasteiger charge is -2.30. The summed E-state index contributed by atoms with van der Waals surface area (Å²) in [4.78, 5) is 8.91. The topological polar surface area (TPSA) is 59.2 Å². The second kappa shape index (κ2) is 6.14. The second-order valence-corrected chi connectivity index (χ2v) is 8.35. The number of hydrogen-bond acceptors (Lipinski definition) is 6. The molecule has 0 bridgehead atoms. The molecule has 0 spiro atoms. The molecular weight excluding hydrogens is 332 g/mol. The fourth-order valence-corrected chi connectivity index (χ4v) is 5.20. The van der Waals surface area contributed by atoms with E-state index in [1.54, 1.807) is 0 Å². The van der Waals surface area contributed by atoms with Gasteiger partial charge in [-0.05, 0) is 64.3 Å². The van der Waals surface area contributed by atoms with Gasteiger partial charge in [-0.1, -0.05) is 0 Å². The highest BCUT2D eigenvalue weighted by Crippen LogP contribution is 2.31. The molecule has 130 valence electrons. The normalized spacial score (nSPS) is 18.9. The first kappa shape index (κ1) is 15.4. The maximum atomic E-state index is 4.84. The van der Waals surface area contributed by atoms with Crippen LogP contribution in [0.4, 0.5) is 0 Å². The zero-order chi connectivity index (χ0) is 16.8. The molecule has 1 saturated heterocycles. The monoisotopic (exact) mass is 354 g/mol. The maximum absolute atomic E-state index is 4.84. The van der Waals surface area contributed by atoms with E-state index in [1.807, 2.05) is 34.9 Å². The number of piperidine rings is 1. The third-order valence-electron chi connectivity index (χ3n) is 5.37. The number of fused-ring (bicyclic) bond motifs is 2. The van der Waals surface area contributed by atoms with Crippen molar-refractivity contribution in [3.63, 3.8) is 0 Å². The molecule has 1 aliphatic heterocycles. The molecule has 4 heterocycles. The number of rotatable bonds is 3. The fraction of sp³-hybridized carbons (Fsp3) is 0.556. The van der Waals surface area contributed by atoms with E-state index in [1.165, 1.54) is 34.8 Å². The van der Waals surface area contributed by atoms with Crippen LogP contribution in [0.1, 0.15) is 52.3 Å². The number of hydrogen-bond donors (Lipinski definition) is 0. The van der Waals surface area contributed by atoms with Gasteiger partial charge in [-0.3, -0.25) is 4.90 Å². The molecule has 3 aromatic heterocycles. The summed E-state index contributed by atoms with van der Waals surface area (Å²) in [5, 5.41) is 14.6. The zero-order valence-corrected chi connectivity index (χ0v) is 15.3. The summed E-state index contributed by atoms with van der Waals surface area (Å²) < 4.78 is 1.93. The number of nitrogens with zero attached hydrogens (tertiary/aromatic N) is 6. The van der Waals surface area contributed by atoms with Gasteiger partial charge in [0, 0.05) is 10.8 Å². The Balaban J connectivity index is 1.26. The summed E-state index contributed by atoms with van der Waals surface area (Å²) in [6, 6.07) is 3.98. The Morgan fingerprint density at radius 2 is 2.04 bits per heavy atom. The van der Waals surface area contributed by atoms with Gasteiger partial charge >= 0.3 is 0 Å². The maximum Gasteiger partial charge on any atom is 0.177 e. The van der Waals surface area contributed by atoms with Gasteiger partial charge in [-0.2, -0.15) is 9.61 Å². The largest absolute Gasteiger partial charge is 0.297 e. The summed E-state index contributed by atoms with van der Waals surface area (Å²) in [6.07, 6.45) is 5.93. The van der Waals surface area contributed by atoms with E-state index in [2.05, 4.69) is 20.2 Å². The highest BCUT2D eigenvalue weighted by molar-refractivity contribution is 7.11. The van der Waals surface area contributed by atoms with Crippen LogP contribution in [-0.4, -0.2) is 42.8 Å². The third-order valence-corrected chi connectivity index (χ3v) is 6.51. The molecule has 0 saturated carbocycles. The van der Waals surface area contributed by atoms with Crippen LogP contribution >= 0.6 is 11.3 Å². The molecule has 25 heavy (non-hydrogen) atoms. The first-order valence-corrected chi connectivity index (χ1v) is 9.97. The molecule has 5 rings (SSSR count). The summed E-state index contributed by atoms with van der Waals surface area (Å²) in [5.74, 6) is 1.47. The van der Waals surface area contributed by atoms with Crippen LogP contribution in [0, 0.1) is 6.92 Å². The molecule has 0 unspecified atom stereocenters. The first-order chi connectivity index (χ1) is 12.3. The van der Waals surface area contributed by atoms with Gasteiger partial charge in [0.05, 0.1) is 17.9 Å². The lowest BCUT2D eigenvalue weighted by atomic mass is 9.96. The van der Waals surface area contributed by atoms with Crippen molar-refractivity contribution in [2.75, 3.05) is 13.1 Å². The molecule has 0 atom stereocenters. The predicted molar refractivity (Wildman–Crippen MR) is 96.9 cm³/mol. The lowest BCUT2D eigenvalue weighted by molar-refractivity contribution is 0.200. The quantitative estimate of drug-likeness (QED) is 0.724. The number of likely N-dealkylation sites (tertiary alicyclic amines) is 1. The van der Waals surface area contributed by atoms with Gasteiger partial charge < -0.3 is 0 Å². The van der Waals surface area contributed by atoms with Crippen LogP contribution in [0.15, 0.2) is 12.1 Å². The molecule has 1 fully saturated rings. The van der Waals surface area contributed by atoms with E-state index in [4.69, 9.17) is 4.98 Å². The van der Waals surface area contributed by atoms with Crippen molar-refractivity contribution in [3.8, 4) is 0 Å². The predicted octanol–water partition coefficient (Wildman–Crippen LogP) is 2.76. The molecule has 1 aliphatic carbocycles. The lowest BCUT2D eigenvalue weighted by Crippen LogP contribution is -2.33. The molecule has 0 radical (unpaired) electrons. The molecular formula is C18H22N6S. The Labute approximate surface area is 150 Å². The Hall–Kier alpha value is -1.86. The average molecular weight is 354 g/mol. The SMILES string of the molecule is Cc1ccc2nnc(C3CCN(Cc4nc5c(s4)CCC5)CC3)n2n1. The van der Waals surface area contributed by atoms with Crippen molar-refractivity contribution < 1.29 is 0 Å². The van der Waals surface area contributed by atoms with Gasteiger partial charge in [0.2, 0.25) is 0 Å². The molecule has 0 N–H and O–H groups in total. The van der Waals surface area contributed by atoms with E-state index >= 15 is 0 Å². The Kier molecular flexibility index (Phi) is 3.78. The van der Waals surface area contributed by atoms with E-state index in [0.717, 1.165) is 49.6 Å². The van der Waals surface area contributed by atoms with Crippen LogP contribution in [0.25, 0.3) is 5.65 Å². The number of thiazole rings is 1. The minimum atomic E-state index is 0.446. The highest BCUT2D eigenvalue weighted by Gasteiger charge is 2.26. The molecule has 7 heteroatoms. The van der Waals surface area contributed by atoms with Gasteiger partial charge in [-0.25, -0.2) is 4.98 Å². The molecule has 3 aromatic rings. The van der Waals surface area contributed by atoms with Crippen molar-refractivity contribution in [2.24, 2.45) is 0 Å². The van der Waals surface area contributed by atoms with Crippen molar-refractivity contribution in [1.29, 1.82) is 0 Å². The minimum absolute atomic E-state index is 0.446. The van der Waals surface area contributed by atoms with Crippen LogP contribution in [0.2, 0.25) is 0 Å². The van der Waals surface area contributed by atoms with Gasteiger partial charge in [0.15, 0.2) is 11.5 Å². The van der Waals surface area contributed by atoms with Crippen molar-refractivity contribution >= 4 is 17.0 Å². The summed E-state index contributed by atoms with van der Waals surface area (Å²) in [5.41, 5.74) is 3.22. The van der Waals surface area contributed by atoms with Crippen molar-refractivity contribution in [3.05, 3.63) is 39.2 Å². The van der Waals surface area contributed by atoms with Gasteiger partial charge in [0.25, 0.3) is 0 Å². The number of aryl methyl sites for hydroxylation is 3. The van der Waals surface area contributed by atoms with Gasteiger partial charge in [-0.15, -0.1) is 21.5 Å². The minimum Gasteiger partial charge on any atom is -0.297 e. The van der Waals surface area contributed by atoms with E-state index in [9.17, 15) is 0 Å². The van der Waals surface area contributed by atoms with Crippen LogP contribution < -0.4 is 0 Å². The van der Waals surface area contributed by atoms with Crippen molar-refractivity contribution in [2.45, 2.75) is 51.5 Å². The second-order valence-electron chi connectivity index (χ2n) is 7.18. The van der Waals surface area contributed by atoms with E-state index < -0.39 is 0 Å². The Morgan fingerprint density at radius 3 is 2.88 bits per heavy atom. The Bertz CT molecular complexity index is 884. The van der Waals surface area contributed by atoms with Crippen LogP contribution in [0.5, 0.6) is 0 Å².